The molecule has 0 bridgehead atoms. The van der Waals surface area contributed by atoms with Crippen LogP contribution in [0.15, 0.2) is 36.4 Å². The SMILES string of the molecule is CCCCCC(O)c1ccc([C@H]2CCC(=O)[C@@H]2C/C=C\CCCC(C)=O)cc1. The van der Waals surface area contributed by atoms with Crippen molar-refractivity contribution in [3.8, 4) is 0 Å². The Morgan fingerprint density at radius 2 is 1.93 bits per heavy atom. The minimum absolute atomic E-state index is 0.0596. The molecule has 0 saturated heterocycles. The number of unbranched alkanes of at least 4 members (excludes halogenated alkanes) is 3. The van der Waals surface area contributed by atoms with E-state index in [1.54, 1.807) is 6.92 Å². The van der Waals surface area contributed by atoms with E-state index in [1.165, 1.54) is 5.56 Å². The molecule has 0 aromatic heterocycles. The highest BCUT2D eigenvalue weighted by Crippen LogP contribution is 2.40. The van der Waals surface area contributed by atoms with Crippen molar-refractivity contribution in [2.24, 2.45) is 5.92 Å². The molecule has 3 nitrogen and oxygen atoms in total. The van der Waals surface area contributed by atoms with Gasteiger partial charge in [0.1, 0.15) is 11.6 Å². The summed E-state index contributed by atoms with van der Waals surface area (Å²) in [6.45, 7) is 3.79. The van der Waals surface area contributed by atoms with Gasteiger partial charge in [-0.15, -0.1) is 0 Å². The molecule has 1 aromatic carbocycles. The normalized spacial score (nSPS) is 20.8. The van der Waals surface area contributed by atoms with Gasteiger partial charge >= 0.3 is 0 Å². The van der Waals surface area contributed by atoms with Crippen LogP contribution in [0.3, 0.4) is 0 Å². The number of carbonyl (C=O) groups excluding carboxylic acids is 2. The highest BCUT2D eigenvalue weighted by Gasteiger charge is 2.34. The molecule has 1 unspecified atom stereocenters. The molecule has 3 heteroatoms. The minimum atomic E-state index is -0.389. The van der Waals surface area contributed by atoms with Crippen molar-refractivity contribution in [2.45, 2.75) is 90.1 Å². The number of benzene rings is 1. The zero-order chi connectivity index (χ0) is 20.4. The van der Waals surface area contributed by atoms with Gasteiger partial charge in [0.25, 0.3) is 0 Å². The fourth-order valence-electron chi connectivity index (χ4n) is 4.15. The predicted molar refractivity (Wildman–Crippen MR) is 114 cm³/mol. The third-order valence-corrected chi connectivity index (χ3v) is 5.89. The highest BCUT2D eigenvalue weighted by atomic mass is 16.3. The third-order valence-electron chi connectivity index (χ3n) is 5.89. The first-order valence-corrected chi connectivity index (χ1v) is 11.0. The van der Waals surface area contributed by atoms with E-state index in [0.717, 1.165) is 56.9 Å². The van der Waals surface area contributed by atoms with Crippen molar-refractivity contribution in [3.05, 3.63) is 47.5 Å². The number of allylic oxidation sites excluding steroid dienone is 2. The zero-order valence-corrected chi connectivity index (χ0v) is 17.5. The molecular weight excluding hydrogens is 348 g/mol. The minimum Gasteiger partial charge on any atom is -0.388 e. The lowest BCUT2D eigenvalue weighted by Crippen LogP contribution is -2.12. The molecule has 1 aliphatic carbocycles. The number of aliphatic hydroxyl groups is 1. The molecular formula is C25H36O3. The molecule has 1 saturated carbocycles. The monoisotopic (exact) mass is 384 g/mol. The van der Waals surface area contributed by atoms with Crippen LogP contribution in [0.5, 0.6) is 0 Å². The van der Waals surface area contributed by atoms with E-state index < -0.39 is 0 Å². The number of Topliss-reactive ketones (excluding diaryl/α,β-unsaturated/α-hetero) is 2. The number of ketones is 2. The first-order chi connectivity index (χ1) is 13.5. The summed E-state index contributed by atoms with van der Waals surface area (Å²) < 4.78 is 0. The van der Waals surface area contributed by atoms with Gasteiger partial charge in [-0.25, -0.2) is 0 Å². The van der Waals surface area contributed by atoms with Crippen LogP contribution < -0.4 is 0 Å². The number of rotatable bonds is 12. The Balaban J connectivity index is 1.90. The fraction of sp³-hybridized carbons (Fsp3) is 0.600. The Kier molecular flexibility index (Phi) is 9.63. The molecule has 28 heavy (non-hydrogen) atoms. The summed E-state index contributed by atoms with van der Waals surface area (Å²) in [5.41, 5.74) is 2.19. The Morgan fingerprint density at radius 1 is 1.18 bits per heavy atom. The molecule has 1 aliphatic rings. The molecule has 1 fully saturated rings. The molecule has 0 spiro atoms. The van der Waals surface area contributed by atoms with Gasteiger partial charge in [0, 0.05) is 18.8 Å². The van der Waals surface area contributed by atoms with E-state index >= 15 is 0 Å². The second-order valence-corrected chi connectivity index (χ2v) is 8.20. The van der Waals surface area contributed by atoms with Gasteiger partial charge < -0.3 is 9.90 Å². The van der Waals surface area contributed by atoms with E-state index in [2.05, 4.69) is 31.2 Å². The van der Waals surface area contributed by atoms with Crippen LogP contribution in [-0.2, 0) is 9.59 Å². The lowest BCUT2D eigenvalue weighted by molar-refractivity contribution is -0.120. The van der Waals surface area contributed by atoms with Gasteiger partial charge in [0.15, 0.2) is 0 Å². The number of hydrogen-bond donors (Lipinski definition) is 1. The molecule has 0 aliphatic heterocycles. The van der Waals surface area contributed by atoms with E-state index in [9.17, 15) is 14.7 Å². The highest BCUT2D eigenvalue weighted by molar-refractivity contribution is 5.84. The topological polar surface area (TPSA) is 54.4 Å². The van der Waals surface area contributed by atoms with E-state index in [0.29, 0.717) is 18.6 Å². The van der Waals surface area contributed by atoms with Gasteiger partial charge in [-0.1, -0.05) is 62.6 Å². The molecule has 154 valence electrons. The second kappa shape index (κ2) is 12.0. The number of carbonyl (C=O) groups is 2. The molecule has 3 atom stereocenters. The molecule has 1 aromatic rings. The molecule has 2 rings (SSSR count). The Morgan fingerprint density at radius 3 is 2.61 bits per heavy atom. The van der Waals surface area contributed by atoms with Crippen LogP contribution in [0.2, 0.25) is 0 Å². The molecule has 0 amide bonds. The van der Waals surface area contributed by atoms with Crippen LogP contribution in [0.1, 0.15) is 101 Å². The number of hydrogen-bond acceptors (Lipinski definition) is 3. The van der Waals surface area contributed by atoms with Crippen molar-refractivity contribution in [1.82, 2.24) is 0 Å². The lowest BCUT2D eigenvalue weighted by Gasteiger charge is -2.19. The van der Waals surface area contributed by atoms with Gasteiger partial charge in [0.05, 0.1) is 6.10 Å². The summed E-state index contributed by atoms with van der Waals surface area (Å²) >= 11 is 0. The van der Waals surface area contributed by atoms with Crippen molar-refractivity contribution >= 4 is 11.6 Å². The van der Waals surface area contributed by atoms with Crippen LogP contribution in [0.4, 0.5) is 0 Å². The van der Waals surface area contributed by atoms with Gasteiger partial charge in [-0.2, -0.15) is 0 Å². The third kappa shape index (κ3) is 7.01. The van der Waals surface area contributed by atoms with Gasteiger partial charge in [-0.3, -0.25) is 4.79 Å². The van der Waals surface area contributed by atoms with Crippen molar-refractivity contribution < 1.29 is 14.7 Å². The summed E-state index contributed by atoms with van der Waals surface area (Å²) in [7, 11) is 0. The molecule has 0 radical (unpaired) electrons. The number of aliphatic hydroxyl groups excluding tert-OH is 1. The van der Waals surface area contributed by atoms with E-state index in [-0.39, 0.29) is 23.7 Å². The van der Waals surface area contributed by atoms with Gasteiger partial charge in [0.2, 0.25) is 0 Å². The predicted octanol–water partition coefficient (Wildman–Crippen LogP) is 6.07. The Hall–Kier alpha value is -1.74. The van der Waals surface area contributed by atoms with Crippen molar-refractivity contribution in [2.75, 3.05) is 0 Å². The maximum absolute atomic E-state index is 12.4. The quantitative estimate of drug-likeness (QED) is 0.351. The Labute approximate surface area is 170 Å². The standard InChI is InChI=1S/C25H36O3/c1-3-4-7-12-24(27)21-15-13-20(14-16-21)22-17-18-25(28)23(22)11-9-6-5-8-10-19(2)26/h6,9,13-16,22-24,27H,3-5,7-8,10-12,17-18H2,1-2H3/b9-6-/t22-,23-,24?/m1/s1. The maximum Gasteiger partial charge on any atom is 0.136 e. The van der Waals surface area contributed by atoms with Crippen molar-refractivity contribution in [1.29, 1.82) is 0 Å². The van der Waals surface area contributed by atoms with E-state index in [1.807, 2.05) is 12.1 Å². The average Bonchev–Trinajstić information content (AvgIpc) is 3.05. The molecule has 1 N–H and O–H groups in total. The first kappa shape index (κ1) is 22.5. The average molecular weight is 385 g/mol. The lowest BCUT2D eigenvalue weighted by atomic mass is 9.85. The van der Waals surface area contributed by atoms with E-state index in [4.69, 9.17) is 0 Å². The summed E-state index contributed by atoms with van der Waals surface area (Å²) in [4.78, 5) is 23.3. The second-order valence-electron chi connectivity index (χ2n) is 8.20. The first-order valence-electron chi connectivity index (χ1n) is 11.0. The zero-order valence-electron chi connectivity index (χ0n) is 17.5. The maximum atomic E-state index is 12.4. The Bertz CT molecular complexity index is 644. The fourth-order valence-corrected chi connectivity index (χ4v) is 4.15. The van der Waals surface area contributed by atoms with Crippen molar-refractivity contribution in [3.63, 3.8) is 0 Å². The summed E-state index contributed by atoms with van der Waals surface area (Å²) in [6, 6.07) is 8.27. The smallest absolute Gasteiger partial charge is 0.136 e. The summed E-state index contributed by atoms with van der Waals surface area (Å²) in [5, 5.41) is 10.3. The summed E-state index contributed by atoms with van der Waals surface area (Å²) in [5.74, 6) is 0.936. The largest absolute Gasteiger partial charge is 0.388 e. The van der Waals surface area contributed by atoms with Crippen LogP contribution in [0.25, 0.3) is 0 Å². The van der Waals surface area contributed by atoms with Crippen LogP contribution >= 0.6 is 0 Å². The molecule has 0 heterocycles. The van der Waals surface area contributed by atoms with Gasteiger partial charge in [-0.05, 0) is 56.1 Å². The summed E-state index contributed by atoms with van der Waals surface area (Å²) in [6.07, 6.45) is 12.8. The van der Waals surface area contributed by atoms with Crippen LogP contribution in [-0.4, -0.2) is 16.7 Å². The van der Waals surface area contributed by atoms with Crippen LogP contribution in [0, 0.1) is 5.92 Å².